The zero-order chi connectivity index (χ0) is 24.5. The van der Waals surface area contributed by atoms with Crippen LogP contribution in [0.4, 0.5) is 5.82 Å². The van der Waals surface area contributed by atoms with E-state index in [2.05, 4.69) is 38.9 Å². The maximum atomic E-state index is 12.3. The van der Waals surface area contributed by atoms with Crippen molar-refractivity contribution in [1.29, 1.82) is 0 Å². The third kappa shape index (κ3) is 7.99. The van der Waals surface area contributed by atoms with Crippen molar-refractivity contribution in [3.05, 3.63) is 11.2 Å². The van der Waals surface area contributed by atoms with Gasteiger partial charge in [-0.05, 0) is 46.1 Å². The molecule has 0 saturated carbocycles. The molecule has 2 aliphatic rings. The Morgan fingerprint density at radius 1 is 1.18 bits per heavy atom. The van der Waals surface area contributed by atoms with Crippen molar-refractivity contribution in [2.24, 2.45) is 0 Å². The molecule has 8 nitrogen and oxygen atoms in total. The number of nitrogens with zero attached hydrogens (tertiary/aromatic N) is 5. The summed E-state index contributed by atoms with van der Waals surface area (Å²) >= 11 is 7.57. The number of hydrogen-bond acceptors (Lipinski definition) is 7. The molecule has 2 unspecified atom stereocenters. The molecule has 1 aromatic heterocycles. The minimum atomic E-state index is -0.0153. The predicted molar refractivity (Wildman–Crippen MR) is 139 cm³/mol. The highest BCUT2D eigenvalue weighted by molar-refractivity contribution is 7.99. The lowest BCUT2D eigenvalue weighted by atomic mass is 10.0. The number of hydrogen-bond donors (Lipinski definition) is 1. The Labute approximate surface area is 213 Å². The Kier molecular flexibility index (Phi) is 10.7. The molecular formula is C24H39ClN6O2S. The molecule has 0 aliphatic carbocycles. The van der Waals surface area contributed by atoms with Gasteiger partial charge in [-0.15, -0.1) is 0 Å². The molecular weight excluding hydrogens is 472 g/mol. The van der Waals surface area contributed by atoms with Gasteiger partial charge in [-0.25, -0.2) is 9.97 Å². The first kappa shape index (κ1) is 27.0. The van der Waals surface area contributed by atoms with Crippen LogP contribution in [-0.4, -0.2) is 88.7 Å². The van der Waals surface area contributed by atoms with Crippen molar-refractivity contribution in [3.63, 3.8) is 0 Å². The monoisotopic (exact) mass is 510 g/mol. The van der Waals surface area contributed by atoms with Gasteiger partial charge in [-0.3, -0.25) is 9.59 Å². The molecule has 2 fully saturated rings. The van der Waals surface area contributed by atoms with Gasteiger partial charge in [0.05, 0.1) is 5.75 Å². The summed E-state index contributed by atoms with van der Waals surface area (Å²) in [6.45, 7) is 11.3. The van der Waals surface area contributed by atoms with E-state index >= 15 is 0 Å². The smallest absolute Gasteiger partial charge is 0.230 e. The van der Waals surface area contributed by atoms with Gasteiger partial charge in [-0.1, -0.05) is 36.7 Å². The van der Waals surface area contributed by atoms with Crippen LogP contribution < -0.4 is 10.2 Å². The normalized spacial score (nSPS) is 21.5. The van der Waals surface area contributed by atoms with E-state index in [1.54, 1.807) is 6.07 Å². The molecule has 1 aromatic rings. The van der Waals surface area contributed by atoms with Crippen molar-refractivity contribution < 1.29 is 9.59 Å². The van der Waals surface area contributed by atoms with Crippen LogP contribution in [0.15, 0.2) is 11.2 Å². The molecule has 2 atom stereocenters. The van der Waals surface area contributed by atoms with Crippen LogP contribution in [0.25, 0.3) is 0 Å². The van der Waals surface area contributed by atoms with E-state index in [4.69, 9.17) is 11.6 Å². The lowest BCUT2D eigenvalue weighted by molar-refractivity contribution is -0.133. The molecule has 190 valence electrons. The van der Waals surface area contributed by atoms with E-state index in [0.29, 0.717) is 49.0 Å². The van der Waals surface area contributed by atoms with Crippen LogP contribution in [0.5, 0.6) is 0 Å². The number of aromatic nitrogens is 2. The first-order chi connectivity index (χ1) is 16.4. The fourth-order valence-electron chi connectivity index (χ4n) is 4.69. The summed E-state index contributed by atoms with van der Waals surface area (Å²) < 4.78 is 0. The highest BCUT2D eigenvalue weighted by Gasteiger charge is 2.28. The topological polar surface area (TPSA) is 81.7 Å². The summed E-state index contributed by atoms with van der Waals surface area (Å²) in [4.78, 5) is 40.2. The van der Waals surface area contributed by atoms with Gasteiger partial charge in [0.2, 0.25) is 11.8 Å². The number of carbonyl (C=O) groups is 2. The number of halogens is 1. The summed E-state index contributed by atoms with van der Waals surface area (Å²) in [5.74, 6) is 1.20. The third-order valence-corrected chi connectivity index (χ3v) is 7.65. The van der Waals surface area contributed by atoms with E-state index in [9.17, 15) is 9.59 Å². The minimum Gasteiger partial charge on any atom is -0.355 e. The largest absolute Gasteiger partial charge is 0.355 e. The van der Waals surface area contributed by atoms with Gasteiger partial charge in [0.25, 0.3) is 0 Å². The molecule has 2 saturated heterocycles. The number of likely N-dealkylation sites (tertiary alicyclic amines) is 1. The zero-order valence-corrected chi connectivity index (χ0v) is 22.3. The van der Waals surface area contributed by atoms with Crippen LogP contribution in [0.1, 0.15) is 59.3 Å². The average molecular weight is 511 g/mol. The van der Waals surface area contributed by atoms with E-state index in [1.807, 2.05) is 11.8 Å². The number of amides is 2. The molecule has 10 heteroatoms. The maximum Gasteiger partial charge on any atom is 0.230 e. The quantitative estimate of drug-likeness (QED) is 0.223. The summed E-state index contributed by atoms with van der Waals surface area (Å²) in [6, 6.07) is 2.51. The molecule has 2 aliphatic heterocycles. The van der Waals surface area contributed by atoms with Gasteiger partial charge in [0.15, 0.2) is 5.16 Å². The molecule has 0 spiro atoms. The molecule has 3 rings (SSSR count). The van der Waals surface area contributed by atoms with Crippen LogP contribution >= 0.6 is 23.4 Å². The Morgan fingerprint density at radius 2 is 2.00 bits per heavy atom. The fourth-order valence-corrected chi connectivity index (χ4v) is 5.60. The average Bonchev–Trinajstić information content (AvgIpc) is 2.81. The number of thioether (sulfide) groups is 1. The van der Waals surface area contributed by atoms with E-state index < -0.39 is 0 Å². The van der Waals surface area contributed by atoms with Crippen LogP contribution in [0, 0.1) is 0 Å². The first-order valence-corrected chi connectivity index (χ1v) is 14.0. The molecule has 34 heavy (non-hydrogen) atoms. The summed E-state index contributed by atoms with van der Waals surface area (Å²) in [7, 11) is 0. The lowest BCUT2D eigenvalue weighted by Gasteiger charge is -2.40. The van der Waals surface area contributed by atoms with Gasteiger partial charge in [-0.2, -0.15) is 0 Å². The van der Waals surface area contributed by atoms with Crippen LogP contribution in [-0.2, 0) is 9.59 Å². The van der Waals surface area contributed by atoms with Gasteiger partial charge < -0.3 is 20.0 Å². The number of anilines is 1. The van der Waals surface area contributed by atoms with Crippen molar-refractivity contribution in [2.45, 2.75) is 76.5 Å². The second kappa shape index (κ2) is 13.5. The molecule has 1 N–H and O–H groups in total. The molecule has 2 amide bonds. The SMILES string of the molecule is CCCC(=O)N1CCN(c2cc(Cl)nc(SCC(=O)NCCCN3CCCCC3C)n2)CC1C. The van der Waals surface area contributed by atoms with Crippen molar-refractivity contribution in [2.75, 3.05) is 49.9 Å². The summed E-state index contributed by atoms with van der Waals surface area (Å²) in [5.41, 5.74) is 0. The van der Waals surface area contributed by atoms with Crippen LogP contribution in [0.2, 0.25) is 5.15 Å². The minimum absolute atomic E-state index is 0.0153. The molecule has 0 bridgehead atoms. The second-order valence-electron chi connectivity index (χ2n) is 9.34. The van der Waals surface area contributed by atoms with Crippen LogP contribution in [0.3, 0.4) is 0 Å². The zero-order valence-electron chi connectivity index (χ0n) is 20.8. The highest BCUT2D eigenvalue weighted by Crippen LogP contribution is 2.24. The standard InChI is InChI=1S/C24H39ClN6O2S/c1-4-8-23(33)31-14-13-30(16-19(31)3)21-15-20(25)27-24(28-21)34-17-22(32)26-10-7-12-29-11-6-5-9-18(29)2/h15,18-19H,4-14,16-17H2,1-3H3,(H,26,32). The Morgan fingerprint density at radius 3 is 2.74 bits per heavy atom. The highest BCUT2D eigenvalue weighted by atomic mass is 35.5. The van der Waals surface area contributed by atoms with E-state index in [-0.39, 0.29) is 23.6 Å². The van der Waals surface area contributed by atoms with Crippen molar-refractivity contribution >= 4 is 41.0 Å². The maximum absolute atomic E-state index is 12.3. The first-order valence-electron chi connectivity index (χ1n) is 12.6. The lowest BCUT2D eigenvalue weighted by Crippen LogP contribution is -2.54. The number of carbonyl (C=O) groups excluding carboxylic acids is 2. The Hall–Kier alpha value is -1.58. The third-order valence-electron chi connectivity index (χ3n) is 6.61. The molecule has 0 aromatic carbocycles. The van der Waals surface area contributed by atoms with Gasteiger partial charge in [0, 0.05) is 57.3 Å². The van der Waals surface area contributed by atoms with E-state index in [0.717, 1.165) is 25.2 Å². The Balaban J connectivity index is 1.44. The molecule has 3 heterocycles. The predicted octanol–water partition coefficient (Wildman–Crippen LogP) is 3.44. The van der Waals surface area contributed by atoms with Crippen molar-refractivity contribution in [3.8, 4) is 0 Å². The molecule has 0 radical (unpaired) electrons. The number of piperazine rings is 1. The fraction of sp³-hybridized carbons (Fsp3) is 0.750. The van der Waals surface area contributed by atoms with Gasteiger partial charge >= 0.3 is 0 Å². The van der Waals surface area contributed by atoms with Crippen molar-refractivity contribution in [1.82, 2.24) is 25.1 Å². The summed E-state index contributed by atoms with van der Waals surface area (Å²) in [5, 5.41) is 3.87. The number of rotatable bonds is 10. The number of nitrogens with one attached hydrogen (secondary N) is 1. The Bertz CT molecular complexity index is 829. The second-order valence-corrected chi connectivity index (χ2v) is 10.7. The summed E-state index contributed by atoms with van der Waals surface area (Å²) in [6.07, 6.45) is 6.29. The van der Waals surface area contributed by atoms with Gasteiger partial charge in [0.1, 0.15) is 11.0 Å². The number of piperidine rings is 1. The van der Waals surface area contributed by atoms with E-state index in [1.165, 1.54) is 37.6 Å².